The van der Waals surface area contributed by atoms with E-state index in [-0.39, 0.29) is 29.4 Å². The van der Waals surface area contributed by atoms with Crippen molar-refractivity contribution in [2.75, 3.05) is 13.3 Å². The van der Waals surface area contributed by atoms with E-state index in [9.17, 15) is 19.7 Å². The minimum absolute atomic E-state index is 0.104. The zero-order chi connectivity index (χ0) is 20.7. The third-order valence-corrected chi connectivity index (χ3v) is 3.81. The predicted molar refractivity (Wildman–Crippen MR) is 100 cm³/mol. The summed E-state index contributed by atoms with van der Waals surface area (Å²) in [6.07, 6.45) is 1.98. The summed E-state index contributed by atoms with van der Waals surface area (Å²) in [5.74, 6) is -0.648. The van der Waals surface area contributed by atoms with Gasteiger partial charge in [-0.25, -0.2) is 0 Å². The van der Waals surface area contributed by atoms with Gasteiger partial charge in [0.1, 0.15) is 17.8 Å². The molecule has 150 valence electrons. The lowest BCUT2D eigenvalue weighted by atomic mass is 10.0. The van der Waals surface area contributed by atoms with E-state index in [1.807, 2.05) is 13.8 Å². The number of carbonyl (C=O) groups is 2. The van der Waals surface area contributed by atoms with Crippen molar-refractivity contribution in [1.82, 2.24) is 10.3 Å². The number of carbonyl (C=O) groups excluding carboxylic acids is 2. The molecule has 2 aromatic rings. The maximum atomic E-state index is 11.8. The predicted octanol–water partition coefficient (Wildman–Crippen LogP) is 1.51. The molecule has 0 bridgehead atoms. The van der Waals surface area contributed by atoms with Crippen molar-refractivity contribution >= 4 is 28.5 Å². The van der Waals surface area contributed by atoms with Crippen LogP contribution in [0.5, 0.6) is 5.75 Å². The van der Waals surface area contributed by atoms with Crippen LogP contribution in [0, 0.1) is 16.0 Å². The van der Waals surface area contributed by atoms with Crippen molar-refractivity contribution in [2.24, 2.45) is 11.7 Å². The Hall–Kier alpha value is -3.27. The molecule has 0 spiro atoms. The number of hydrogen-bond donors (Lipinski definition) is 2. The van der Waals surface area contributed by atoms with Crippen molar-refractivity contribution < 1.29 is 24.0 Å². The van der Waals surface area contributed by atoms with Crippen LogP contribution in [0.4, 0.5) is 5.69 Å². The summed E-state index contributed by atoms with van der Waals surface area (Å²) >= 11 is 0. The summed E-state index contributed by atoms with van der Waals surface area (Å²) < 4.78 is 10.3. The lowest BCUT2D eigenvalue weighted by Gasteiger charge is -2.14. The number of nitro groups is 1. The molecule has 1 amide bonds. The van der Waals surface area contributed by atoms with Gasteiger partial charge in [-0.1, -0.05) is 13.8 Å². The highest BCUT2D eigenvalue weighted by atomic mass is 16.7. The molecule has 1 unspecified atom stereocenters. The Morgan fingerprint density at radius 1 is 1.32 bits per heavy atom. The number of esters is 1. The molecule has 0 aliphatic carbocycles. The highest BCUT2D eigenvalue weighted by Gasteiger charge is 2.17. The van der Waals surface area contributed by atoms with Gasteiger partial charge in [0.15, 0.2) is 0 Å². The zero-order valence-electron chi connectivity index (χ0n) is 15.6. The van der Waals surface area contributed by atoms with Crippen LogP contribution in [-0.4, -0.2) is 41.2 Å². The van der Waals surface area contributed by atoms with Gasteiger partial charge in [-0.2, -0.15) is 0 Å². The molecule has 10 heteroatoms. The summed E-state index contributed by atoms with van der Waals surface area (Å²) in [5.41, 5.74) is 5.90. The summed E-state index contributed by atoms with van der Waals surface area (Å²) in [5, 5.41) is 13.8. The summed E-state index contributed by atoms with van der Waals surface area (Å²) in [6.45, 7) is 3.11. The third-order valence-electron chi connectivity index (χ3n) is 3.81. The molecule has 1 aromatic carbocycles. The molecule has 1 atom stereocenters. The number of nitrogens with two attached hydrogens (primary N) is 1. The SMILES string of the molecule is CC(C)CC(N)C(=O)NCC(=O)OCOc1ccc([N+](=O)[O-])c2cccnc12. The minimum Gasteiger partial charge on any atom is -0.455 e. The molecule has 1 heterocycles. The van der Waals surface area contributed by atoms with Gasteiger partial charge in [-0.05, 0) is 30.5 Å². The monoisotopic (exact) mass is 390 g/mol. The molecule has 0 radical (unpaired) electrons. The van der Waals surface area contributed by atoms with E-state index in [4.69, 9.17) is 15.2 Å². The first kappa shape index (κ1) is 21.0. The maximum Gasteiger partial charge on any atom is 0.328 e. The molecule has 10 nitrogen and oxygen atoms in total. The second-order valence-electron chi connectivity index (χ2n) is 6.47. The largest absolute Gasteiger partial charge is 0.455 e. The van der Waals surface area contributed by atoms with E-state index >= 15 is 0 Å². The second-order valence-corrected chi connectivity index (χ2v) is 6.47. The van der Waals surface area contributed by atoms with Crippen LogP contribution >= 0.6 is 0 Å². The molecule has 0 fully saturated rings. The number of nitrogens with zero attached hydrogens (tertiary/aromatic N) is 2. The summed E-state index contributed by atoms with van der Waals surface area (Å²) in [4.78, 5) is 38.2. The molecule has 0 saturated carbocycles. The number of amides is 1. The number of fused-ring (bicyclic) bond motifs is 1. The van der Waals surface area contributed by atoms with Crippen molar-refractivity contribution in [3.8, 4) is 5.75 Å². The standard InChI is InChI=1S/C18H22N4O6/c1-11(2)8-13(19)18(24)21-9-16(23)28-10-27-15-6-5-14(22(25)26)12-4-3-7-20-17(12)15/h3-7,11,13H,8-10,19H2,1-2H3,(H,21,24). The normalized spacial score (nSPS) is 11.9. The van der Waals surface area contributed by atoms with Crippen molar-refractivity contribution in [2.45, 2.75) is 26.3 Å². The molecule has 1 aromatic heterocycles. The fourth-order valence-electron chi connectivity index (χ4n) is 2.52. The number of non-ortho nitro benzene ring substituents is 1. The quantitative estimate of drug-likeness (QED) is 0.283. The van der Waals surface area contributed by atoms with Crippen LogP contribution in [0.15, 0.2) is 30.5 Å². The molecule has 3 N–H and O–H groups in total. The average Bonchev–Trinajstić information content (AvgIpc) is 2.65. The highest BCUT2D eigenvalue weighted by Crippen LogP contribution is 2.31. The number of nitro benzene ring substituents is 1. The van der Waals surface area contributed by atoms with Gasteiger partial charge in [0.25, 0.3) is 5.69 Å². The van der Waals surface area contributed by atoms with Gasteiger partial charge in [-0.15, -0.1) is 0 Å². The molecule has 2 rings (SSSR count). The fourth-order valence-corrected chi connectivity index (χ4v) is 2.52. The van der Waals surface area contributed by atoms with Gasteiger partial charge in [0, 0.05) is 12.3 Å². The van der Waals surface area contributed by atoms with Crippen LogP contribution in [0.2, 0.25) is 0 Å². The van der Waals surface area contributed by atoms with Crippen molar-refractivity contribution in [3.05, 3.63) is 40.6 Å². The van der Waals surface area contributed by atoms with E-state index < -0.39 is 29.6 Å². The van der Waals surface area contributed by atoms with Crippen molar-refractivity contribution in [1.29, 1.82) is 0 Å². The van der Waals surface area contributed by atoms with E-state index in [0.29, 0.717) is 11.8 Å². The smallest absolute Gasteiger partial charge is 0.328 e. The Bertz CT molecular complexity index is 870. The van der Waals surface area contributed by atoms with E-state index in [2.05, 4.69) is 10.3 Å². The Morgan fingerprint density at radius 2 is 2.07 bits per heavy atom. The number of ether oxygens (including phenoxy) is 2. The zero-order valence-corrected chi connectivity index (χ0v) is 15.6. The summed E-state index contributed by atoms with van der Waals surface area (Å²) in [7, 11) is 0. The number of pyridine rings is 1. The summed E-state index contributed by atoms with van der Waals surface area (Å²) in [6, 6.07) is 5.11. The lowest BCUT2D eigenvalue weighted by Crippen LogP contribution is -2.43. The Morgan fingerprint density at radius 3 is 2.75 bits per heavy atom. The molecule has 0 saturated heterocycles. The van der Waals surface area contributed by atoms with Gasteiger partial charge in [0.2, 0.25) is 12.7 Å². The van der Waals surface area contributed by atoms with Crippen LogP contribution < -0.4 is 15.8 Å². The minimum atomic E-state index is -0.704. The number of hydrogen-bond acceptors (Lipinski definition) is 8. The van der Waals surface area contributed by atoms with Crippen LogP contribution in [0.25, 0.3) is 10.9 Å². The molecule has 0 aliphatic rings. The number of nitrogens with one attached hydrogen (secondary N) is 1. The molecule has 0 aliphatic heterocycles. The Kier molecular flexibility index (Phi) is 7.21. The maximum absolute atomic E-state index is 11.8. The molecular weight excluding hydrogens is 368 g/mol. The van der Waals surface area contributed by atoms with Crippen LogP contribution in [0.3, 0.4) is 0 Å². The first-order valence-corrected chi connectivity index (χ1v) is 8.63. The van der Waals surface area contributed by atoms with Crippen LogP contribution in [0.1, 0.15) is 20.3 Å². The fraction of sp³-hybridized carbons (Fsp3) is 0.389. The Balaban J connectivity index is 1.88. The van der Waals surface area contributed by atoms with Gasteiger partial charge in [0.05, 0.1) is 16.4 Å². The number of benzene rings is 1. The number of aromatic nitrogens is 1. The first-order chi connectivity index (χ1) is 13.3. The number of rotatable bonds is 9. The van der Waals surface area contributed by atoms with Gasteiger partial charge < -0.3 is 20.5 Å². The average molecular weight is 390 g/mol. The van der Waals surface area contributed by atoms with Crippen molar-refractivity contribution in [3.63, 3.8) is 0 Å². The molecule has 28 heavy (non-hydrogen) atoms. The first-order valence-electron chi connectivity index (χ1n) is 8.63. The molecular formula is C18H22N4O6. The van der Waals surface area contributed by atoms with E-state index in [1.165, 1.54) is 18.3 Å². The van der Waals surface area contributed by atoms with Gasteiger partial charge >= 0.3 is 5.97 Å². The van der Waals surface area contributed by atoms with E-state index in [1.54, 1.807) is 12.1 Å². The lowest BCUT2D eigenvalue weighted by molar-refractivity contribution is -0.383. The highest BCUT2D eigenvalue weighted by molar-refractivity contribution is 5.92. The third kappa shape index (κ3) is 5.61. The van der Waals surface area contributed by atoms with E-state index in [0.717, 1.165) is 0 Å². The Labute approximate surface area is 161 Å². The second kappa shape index (κ2) is 9.60. The van der Waals surface area contributed by atoms with Gasteiger partial charge in [-0.3, -0.25) is 24.7 Å². The topological polar surface area (TPSA) is 147 Å². The van der Waals surface area contributed by atoms with Crippen LogP contribution in [-0.2, 0) is 14.3 Å².